The topological polar surface area (TPSA) is 50.8 Å². The molecule has 0 saturated carbocycles. The van der Waals surface area contributed by atoms with E-state index in [2.05, 4.69) is 5.32 Å². The molecule has 25 heavy (non-hydrogen) atoms. The van der Waals surface area contributed by atoms with Gasteiger partial charge in [-0.05, 0) is 24.5 Å². The van der Waals surface area contributed by atoms with E-state index in [4.69, 9.17) is 21.1 Å². The van der Waals surface area contributed by atoms with E-state index in [9.17, 15) is 4.79 Å². The summed E-state index contributed by atoms with van der Waals surface area (Å²) in [6.45, 7) is 4.09. The Hall–Kier alpha value is -0.850. The van der Waals surface area contributed by atoms with Gasteiger partial charge in [0.25, 0.3) is 0 Å². The van der Waals surface area contributed by atoms with Crippen molar-refractivity contribution in [3.05, 3.63) is 34.9 Å². The Morgan fingerprint density at radius 2 is 2.24 bits per heavy atom. The van der Waals surface area contributed by atoms with Crippen LogP contribution in [0.15, 0.2) is 24.3 Å². The molecule has 2 heterocycles. The molecule has 0 aromatic heterocycles. The van der Waals surface area contributed by atoms with Crippen molar-refractivity contribution in [2.75, 3.05) is 39.5 Å². The smallest absolute Gasteiger partial charge is 0.225 e. The molecule has 1 amide bonds. The van der Waals surface area contributed by atoms with Crippen LogP contribution in [0.4, 0.5) is 0 Å². The molecule has 0 radical (unpaired) electrons. The van der Waals surface area contributed by atoms with Gasteiger partial charge < -0.3 is 19.7 Å². The van der Waals surface area contributed by atoms with Gasteiger partial charge in [-0.25, -0.2) is 0 Å². The number of carbonyl (C=O) groups is 1. The summed E-state index contributed by atoms with van der Waals surface area (Å²) in [5.74, 6) is 0.119. The normalized spacial score (nSPS) is 23.3. The first-order chi connectivity index (χ1) is 11.8. The largest absolute Gasteiger partial charge is 0.378 e. The summed E-state index contributed by atoms with van der Waals surface area (Å²) < 4.78 is 11.2. The number of ether oxygens (including phenoxy) is 2. The maximum atomic E-state index is 12.6. The summed E-state index contributed by atoms with van der Waals surface area (Å²) in [5, 5.41) is 4.06. The van der Waals surface area contributed by atoms with Gasteiger partial charge in [0.1, 0.15) is 0 Å². The molecule has 2 atom stereocenters. The average Bonchev–Trinajstić information content (AvgIpc) is 3.12. The number of amides is 1. The van der Waals surface area contributed by atoms with Gasteiger partial charge >= 0.3 is 0 Å². The quantitative estimate of drug-likeness (QED) is 0.761. The van der Waals surface area contributed by atoms with Crippen molar-refractivity contribution in [1.82, 2.24) is 10.2 Å². The Morgan fingerprint density at radius 3 is 3.00 bits per heavy atom. The van der Waals surface area contributed by atoms with Gasteiger partial charge in [-0.2, -0.15) is 0 Å². The van der Waals surface area contributed by atoms with Crippen LogP contribution in [0.1, 0.15) is 30.9 Å². The molecule has 140 valence electrons. The molecule has 2 fully saturated rings. The van der Waals surface area contributed by atoms with Crippen molar-refractivity contribution >= 4 is 29.9 Å². The van der Waals surface area contributed by atoms with Crippen LogP contribution in [-0.4, -0.2) is 56.4 Å². The summed E-state index contributed by atoms with van der Waals surface area (Å²) in [6, 6.07) is 7.72. The van der Waals surface area contributed by atoms with Gasteiger partial charge in [-0.3, -0.25) is 4.79 Å². The van der Waals surface area contributed by atoms with Crippen LogP contribution in [0, 0.1) is 0 Å². The molecular weight excluding hydrogens is 363 g/mol. The number of piperazine rings is 1. The van der Waals surface area contributed by atoms with Crippen molar-refractivity contribution in [3.63, 3.8) is 0 Å². The van der Waals surface area contributed by atoms with E-state index in [0.29, 0.717) is 31.2 Å². The molecule has 5 nitrogen and oxygen atoms in total. The zero-order valence-corrected chi connectivity index (χ0v) is 15.9. The van der Waals surface area contributed by atoms with Crippen LogP contribution in [0.5, 0.6) is 0 Å². The predicted octanol–water partition coefficient (Wildman–Crippen LogP) is 2.82. The number of nitrogens with zero attached hydrogens (tertiary/aromatic N) is 1. The first kappa shape index (κ1) is 20.5. The third-order valence-electron chi connectivity index (χ3n) is 4.62. The second-order valence-corrected chi connectivity index (χ2v) is 6.70. The fourth-order valence-corrected chi connectivity index (χ4v) is 3.58. The molecular formula is C18H26Cl2N2O3. The number of hydrogen-bond acceptors (Lipinski definition) is 4. The Bertz CT molecular complexity index is 553. The van der Waals surface area contributed by atoms with Crippen LogP contribution in [-0.2, 0) is 14.3 Å². The van der Waals surface area contributed by atoms with Crippen LogP contribution < -0.4 is 5.32 Å². The van der Waals surface area contributed by atoms with E-state index < -0.39 is 0 Å². The predicted molar refractivity (Wildman–Crippen MR) is 100 cm³/mol. The molecule has 2 aliphatic rings. The second kappa shape index (κ2) is 10.3. The summed E-state index contributed by atoms with van der Waals surface area (Å²) >= 11 is 6.32. The molecule has 0 bridgehead atoms. The molecule has 1 aromatic carbocycles. The van der Waals surface area contributed by atoms with Gasteiger partial charge in [-0.15, -0.1) is 12.4 Å². The summed E-state index contributed by atoms with van der Waals surface area (Å²) in [4.78, 5) is 14.6. The lowest BCUT2D eigenvalue weighted by Crippen LogP contribution is -2.49. The van der Waals surface area contributed by atoms with Crippen molar-refractivity contribution in [2.24, 2.45) is 0 Å². The van der Waals surface area contributed by atoms with Crippen LogP contribution in [0.2, 0.25) is 5.02 Å². The van der Waals surface area contributed by atoms with E-state index >= 15 is 0 Å². The molecule has 1 N–H and O–H groups in total. The third kappa shape index (κ3) is 5.56. The summed E-state index contributed by atoms with van der Waals surface area (Å²) in [6.07, 6.45) is 2.76. The number of halogens is 2. The molecule has 1 aromatic rings. The van der Waals surface area contributed by atoms with Gasteiger partial charge in [0.15, 0.2) is 0 Å². The van der Waals surface area contributed by atoms with Crippen molar-refractivity contribution < 1.29 is 14.3 Å². The zero-order chi connectivity index (χ0) is 16.8. The first-order valence-electron chi connectivity index (χ1n) is 8.69. The Balaban J connectivity index is 0.00000225. The lowest BCUT2D eigenvalue weighted by Gasteiger charge is -2.37. The Morgan fingerprint density at radius 1 is 1.40 bits per heavy atom. The van der Waals surface area contributed by atoms with E-state index in [1.165, 1.54) is 0 Å². The minimum Gasteiger partial charge on any atom is -0.378 e. The number of carbonyl (C=O) groups excluding carboxylic acids is 1. The minimum absolute atomic E-state index is 0. The third-order valence-corrected chi connectivity index (χ3v) is 4.96. The fraction of sp³-hybridized carbons (Fsp3) is 0.611. The highest BCUT2D eigenvalue weighted by molar-refractivity contribution is 6.31. The van der Waals surface area contributed by atoms with E-state index in [-0.39, 0.29) is 30.5 Å². The maximum absolute atomic E-state index is 12.6. The number of hydrogen-bond donors (Lipinski definition) is 1. The van der Waals surface area contributed by atoms with Gasteiger partial charge in [0.2, 0.25) is 5.91 Å². The number of benzene rings is 1. The Labute approximate surface area is 160 Å². The molecule has 2 unspecified atom stereocenters. The first-order valence-corrected chi connectivity index (χ1v) is 9.07. The average molecular weight is 389 g/mol. The minimum atomic E-state index is -0.0156. The highest BCUT2D eigenvalue weighted by Gasteiger charge is 2.28. The van der Waals surface area contributed by atoms with E-state index in [1.54, 1.807) is 0 Å². The number of rotatable bonds is 6. The van der Waals surface area contributed by atoms with Crippen molar-refractivity contribution in [3.8, 4) is 0 Å². The second-order valence-electron chi connectivity index (χ2n) is 6.29. The lowest BCUT2D eigenvalue weighted by atomic mass is 10.0. The number of nitrogens with one attached hydrogen (secondary N) is 1. The summed E-state index contributed by atoms with van der Waals surface area (Å²) in [5.41, 5.74) is 1.000. The van der Waals surface area contributed by atoms with E-state index in [0.717, 1.165) is 38.1 Å². The SMILES string of the molecule is Cl.O=C(CCOCC1CCCO1)N1CCNCC1c1ccccc1Cl. The van der Waals surface area contributed by atoms with Crippen molar-refractivity contribution in [1.29, 1.82) is 0 Å². The van der Waals surface area contributed by atoms with Crippen LogP contribution in [0.25, 0.3) is 0 Å². The molecule has 0 spiro atoms. The standard InChI is InChI=1S/C18H25ClN2O3.ClH/c19-16-6-2-1-5-15(16)17-12-20-8-9-21(17)18(22)7-11-23-13-14-4-3-10-24-14;/h1-2,5-6,14,17,20H,3-4,7-13H2;1H. The maximum Gasteiger partial charge on any atom is 0.225 e. The highest BCUT2D eigenvalue weighted by Crippen LogP contribution is 2.28. The molecule has 0 aliphatic carbocycles. The molecule has 2 aliphatic heterocycles. The molecule has 3 rings (SSSR count). The summed E-state index contributed by atoms with van der Waals surface area (Å²) in [7, 11) is 0. The fourth-order valence-electron chi connectivity index (χ4n) is 3.32. The van der Waals surface area contributed by atoms with E-state index in [1.807, 2.05) is 29.2 Å². The van der Waals surface area contributed by atoms with Crippen molar-refractivity contribution in [2.45, 2.75) is 31.4 Å². The lowest BCUT2D eigenvalue weighted by molar-refractivity contribution is -0.136. The Kier molecular flexibility index (Phi) is 8.46. The monoisotopic (exact) mass is 388 g/mol. The molecule has 7 heteroatoms. The van der Waals surface area contributed by atoms with Crippen LogP contribution >= 0.6 is 24.0 Å². The highest BCUT2D eigenvalue weighted by atomic mass is 35.5. The molecule has 2 saturated heterocycles. The van der Waals surface area contributed by atoms with Crippen LogP contribution in [0.3, 0.4) is 0 Å². The van der Waals surface area contributed by atoms with Gasteiger partial charge in [-0.1, -0.05) is 29.8 Å². The van der Waals surface area contributed by atoms with Gasteiger partial charge in [0, 0.05) is 31.3 Å². The zero-order valence-electron chi connectivity index (χ0n) is 14.3. The van der Waals surface area contributed by atoms with Gasteiger partial charge in [0.05, 0.1) is 31.8 Å².